The van der Waals surface area contributed by atoms with Crippen molar-refractivity contribution >= 4 is 11.8 Å². The number of hydrogen-bond acceptors (Lipinski definition) is 4. The van der Waals surface area contributed by atoms with E-state index in [0.717, 1.165) is 42.8 Å². The zero-order valence-electron chi connectivity index (χ0n) is 17.3. The number of rotatable bonds is 8. The molecule has 2 aromatic carbocycles. The van der Waals surface area contributed by atoms with E-state index in [2.05, 4.69) is 23.9 Å². The summed E-state index contributed by atoms with van der Waals surface area (Å²) in [5, 5.41) is 4.37. The molecule has 0 unspecified atom stereocenters. The quantitative estimate of drug-likeness (QED) is 0.519. The van der Waals surface area contributed by atoms with Gasteiger partial charge in [0.25, 0.3) is 5.91 Å². The van der Waals surface area contributed by atoms with Crippen molar-refractivity contribution in [3.05, 3.63) is 71.5 Å². The normalized spacial score (nSPS) is 13.3. The molecule has 1 aliphatic carbocycles. The first-order chi connectivity index (χ1) is 14.6. The molecule has 30 heavy (non-hydrogen) atoms. The van der Waals surface area contributed by atoms with Crippen LogP contribution in [0.1, 0.15) is 42.6 Å². The maximum atomic E-state index is 13.7. The van der Waals surface area contributed by atoms with Gasteiger partial charge >= 0.3 is 0 Å². The van der Waals surface area contributed by atoms with E-state index in [9.17, 15) is 9.18 Å². The summed E-state index contributed by atoms with van der Waals surface area (Å²) in [7, 11) is 0. The number of halogens is 1. The fraction of sp³-hybridized carbons (Fsp3) is 0.333. The molecular weight excluding hydrogens is 381 g/mol. The van der Waals surface area contributed by atoms with E-state index in [0.29, 0.717) is 18.0 Å². The highest BCUT2D eigenvalue weighted by Gasteiger charge is 2.35. The van der Waals surface area contributed by atoms with E-state index in [-0.39, 0.29) is 11.9 Å². The zero-order chi connectivity index (χ0) is 21.1. The number of carbonyl (C=O) groups excluding carboxylic acids is 1. The summed E-state index contributed by atoms with van der Waals surface area (Å²) in [5.74, 6) is 0.120. The third-order valence-corrected chi connectivity index (χ3v) is 5.51. The Morgan fingerprint density at radius 3 is 2.47 bits per heavy atom. The second-order valence-electron chi connectivity index (χ2n) is 7.53. The van der Waals surface area contributed by atoms with E-state index in [1.807, 2.05) is 35.2 Å². The second-order valence-corrected chi connectivity index (χ2v) is 7.53. The Balaban J connectivity index is 1.73. The maximum Gasteiger partial charge on any atom is 0.254 e. The lowest BCUT2D eigenvalue weighted by Crippen LogP contribution is -2.33. The smallest absolute Gasteiger partial charge is 0.254 e. The zero-order valence-corrected chi connectivity index (χ0v) is 17.3. The molecule has 1 aromatic heterocycles. The maximum absolute atomic E-state index is 13.7. The summed E-state index contributed by atoms with van der Waals surface area (Å²) in [5.41, 5.74) is 2.95. The lowest BCUT2D eigenvalue weighted by Gasteiger charge is -2.25. The van der Waals surface area contributed by atoms with Crippen molar-refractivity contribution in [1.82, 2.24) is 10.1 Å². The monoisotopic (exact) mass is 407 g/mol. The predicted octanol–water partition coefficient (Wildman–Crippen LogP) is 5.13. The first-order valence-corrected chi connectivity index (χ1v) is 10.5. The van der Waals surface area contributed by atoms with Gasteiger partial charge in [0.15, 0.2) is 0 Å². The molecule has 0 saturated heterocycles. The summed E-state index contributed by atoms with van der Waals surface area (Å²) in [4.78, 5) is 17.2. The molecule has 1 fully saturated rings. The molecule has 0 bridgehead atoms. The molecule has 0 spiro atoms. The van der Waals surface area contributed by atoms with Crippen LogP contribution in [0.5, 0.6) is 0 Å². The van der Waals surface area contributed by atoms with Crippen molar-refractivity contribution in [1.29, 1.82) is 0 Å². The van der Waals surface area contributed by atoms with E-state index in [4.69, 9.17) is 4.52 Å². The van der Waals surface area contributed by atoms with Gasteiger partial charge in [-0.3, -0.25) is 4.79 Å². The predicted molar refractivity (Wildman–Crippen MR) is 115 cm³/mol. The Morgan fingerprint density at radius 1 is 1.10 bits per heavy atom. The molecule has 3 aromatic rings. The summed E-state index contributed by atoms with van der Waals surface area (Å²) < 4.78 is 19.5. The molecule has 0 radical (unpaired) electrons. The Kier molecular flexibility index (Phi) is 5.84. The van der Waals surface area contributed by atoms with Crippen molar-refractivity contribution in [2.75, 3.05) is 18.0 Å². The van der Waals surface area contributed by atoms with Gasteiger partial charge in [0.1, 0.15) is 11.5 Å². The summed E-state index contributed by atoms with van der Waals surface area (Å²) in [6.07, 6.45) is 1.90. The van der Waals surface area contributed by atoms with Gasteiger partial charge in [-0.2, -0.15) is 0 Å². The van der Waals surface area contributed by atoms with Crippen molar-refractivity contribution in [2.24, 2.45) is 0 Å². The van der Waals surface area contributed by atoms with Crippen LogP contribution >= 0.6 is 0 Å². The third-order valence-electron chi connectivity index (χ3n) is 5.51. The minimum absolute atomic E-state index is 0.156. The lowest BCUT2D eigenvalue weighted by atomic mass is 10.1. The van der Waals surface area contributed by atoms with Gasteiger partial charge in [-0.15, -0.1) is 0 Å². The van der Waals surface area contributed by atoms with Crippen molar-refractivity contribution in [3.63, 3.8) is 0 Å². The molecule has 1 saturated carbocycles. The number of benzene rings is 2. The highest BCUT2D eigenvalue weighted by Crippen LogP contribution is 2.36. The first-order valence-electron chi connectivity index (χ1n) is 10.5. The van der Waals surface area contributed by atoms with Crippen LogP contribution in [0.4, 0.5) is 10.3 Å². The number of carbonyl (C=O) groups is 1. The molecular formula is C24H26FN3O2. The Hall–Kier alpha value is -3.15. The van der Waals surface area contributed by atoms with Gasteiger partial charge in [0.05, 0.1) is 12.1 Å². The fourth-order valence-electron chi connectivity index (χ4n) is 3.74. The van der Waals surface area contributed by atoms with Crippen LogP contribution in [-0.2, 0) is 6.54 Å². The van der Waals surface area contributed by atoms with Crippen molar-refractivity contribution < 1.29 is 13.7 Å². The standard InChI is InChI=1S/C24H26FN3O2/c1-3-27(4-2)24-21(22(26-30-24)17-9-6-5-7-10-17)16-28(20-13-14-20)23(29)18-11-8-12-19(25)15-18/h5-12,15,20H,3-4,13-14,16H2,1-2H3. The van der Waals surface area contributed by atoms with Gasteiger partial charge in [-0.1, -0.05) is 41.6 Å². The molecule has 1 heterocycles. The number of anilines is 1. The van der Waals surface area contributed by atoms with Gasteiger partial charge in [-0.25, -0.2) is 4.39 Å². The summed E-state index contributed by atoms with van der Waals surface area (Å²) in [6, 6.07) is 15.9. The largest absolute Gasteiger partial charge is 0.341 e. The van der Waals surface area contributed by atoms with E-state index in [1.165, 1.54) is 12.1 Å². The Bertz CT molecular complexity index is 1010. The third kappa shape index (κ3) is 4.08. The Labute approximate surface area is 176 Å². The van der Waals surface area contributed by atoms with E-state index >= 15 is 0 Å². The average Bonchev–Trinajstić information content (AvgIpc) is 3.53. The molecule has 1 aliphatic rings. The highest BCUT2D eigenvalue weighted by atomic mass is 19.1. The van der Waals surface area contributed by atoms with Crippen LogP contribution in [0.15, 0.2) is 59.1 Å². The van der Waals surface area contributed by atoms with Gasteiger partial charge in [0, 0.05) is 30.3 Å². The number of amides is 1. The molecule has 6 heteroatoms. The molecule has 4 rings (SSSR count). The topological polar surface area (TPSA) is 49.6 Å². The molecule has 0 N–H and O–H groups in total. The van der Waals surface area contributed by atoms with Crippen LogP contribution in [0.2, 0.25) is 0 Å². The van der Waals surface area contributed by atoms with Crippen LogP contribution in [0, 0.1) is 5.82 Å². The molecule has 1 amide bonds. The second kappa shape index (κ2) is 8.69. The number of hydrogen-bond donors (Lipinski definition) is 0. The first kappa shape index (κ1) is 20.1. The lowest BCUT2D eigenvalue weighted by molar-refractivity contribution is 0.0729. The van der Waals surface area contributed by atoms with Crippen LogP contribution in [0.3, 0.4) is 0 Å². The number of nitrogens with zero attached hydrogens (tertiary/aromatic N) is 3. The van der Waals surface area contributed by atoms with Gasteiger partial charge < -0.3 is 14.3 Å². The fourth-order valence-corrected chi connectivity index (χ4v) is 3.74. The molecule has 156 valence electrons. The SMILES string of the molecule is CCN(CC)c1onc(-c2ccccc2)c1CN(C(=O)c1cccc(F)c1)C1CC1. The number of aromatic nitrogens is 1. The molecule has 0 aliphatic heterocycles. The summed E-state index contributed by atoms with van der Waals surface area (Å²) in [6.45, 7) is 6.05. The van der Waals surface area contributed by atoms with Gasteiger partial charge in [0.2, 0.25) is 5.88 Å². The van der Waals surface area contributed by atoms with Crippen LogP contribution < -0.4 is 4.90 Å². The average molecular weight is 407 g/mol. The van der Waals surface area contributed by atoms with Gasteiger partial charge in [-0.05, 0) is 44.9 Å². The highest BCUT2D eigenvalue weighted by molar-refractivity contribution is 5.94. The molecule has 5 nitrogen and oxygen atoms in total. The minimum atomic E-state index is -0.407. The van der Waals surface area contributed by atoms with Crippen molar-refractivity contribution in [2.45, 2.75) is 39.3 Å². The van der Waals surface area contributed by atoms with E-state index < -0.39 is 5.82 Å². The Morgan fingerprint density at radius 2 is 1.83 bits per heavy atom. The van der Waals surface area contributed by atoms with Crippen LogP contribution in [-0.4, -0.2) is 35.1 Å². The van der Waals surface area contributed by atoms with E-state index in [1.54, 1.807) is 12.1 Å². The van der Waals surface area contributed by atoms with Crippen LogP contribution in [0.25, 0.3) is 11.3 Å². The molecule has 0 atom stereocenters. The minimum Gasteiger partial charge on any atom is -0.341 e. The van der Waals surface area contributed by atoms with Crippen molar-refractivity contribution in [3.8, 4) is 11.3 Å². The summed E-state index contributed by atoms with van der Waals surface area (Å²) >= 11 is 0.